The average Bonchev–Trinajstić information content (AvgIpc) is 2.78. The lowest BCUT2D eigenvalue weighted by Crippen LogP contribution is -2.43. The minimum Gasteiger partial charge on any atom is -0.490 e. The Bertz CT molecular complexity index is 662. The smallest absolute Gasteiger partial charge is 0.410 e. The molecule has 9 heteroatoms. The number of hydrogen-bond donors (Lipinski definition) is 1. The van der Waals surface area contributed by atoms with E-state index in [0.717, 1.165) is 0 Å². The van der Waals surface area contributed by atoms with Gasteiger partial charge in [0.1, 0.15) is 37.4 Å². The predicted octanol–water partition coefficient (Wildman–Crippen LogP) is 0.217. The van der Waals surface area contributed by atoms with Gasteiger partial charge in [-0.1, -0.05) is 0 Å². The lowest BCUT2D eigenvalue weighted by atomic mass is 10.2. The molecule has 0 aromatic heterocycles. The van der Waals surface area contributed by atoms with Crippen LogP contribution in [0.4, 0.5) is 10.5 Å². The highest BCUT2D eigenvalue weighted by atomic mass is 16.6. The molecular formula is C17H23N3O6. The molecule has 0 spiro atoms. The zero-order valence-electron chi connectivity index (χ0n) is 14.7. The van der Waals surface area contributed by atoms with E-state index >= 15 is 0 Å². The second-order valence-electron chi connectivity index (χ2n) is 6.01. The fourth-order valence-electron chi connectivity index (χ4n) is 2.72. The number of carbonyl (C=O) groups excluding carboxylic acids is 2. The molecular weight excluding hydrogens is 342 g/mol. The van der Waals surface area contributed by atoms with E-state index in [9.17, 15) is 9.59 Å². The minimum atomic E-state index is -0.698. The van der Waals surface area contributed by atoms with Crippen LogP contribution in [-0.2, 0) is 14.3 Å². The van der Waals surface area contributed by atoms with Gasteiger partial charge in [-0.15, -0.1) is 0 Å². The van der Waals surface area contributed by atoms with Crippen molar-refractivity contribution in [3.63, 3.8) is 0 Å². The van der Waals surface area contributed by atoms with E-state index in [0.29, 0.717) is 43.5 Å². The van der Waals surface area contributed by atoms with Crippen molar-refractivity contribution < 1.29 is 28.5 Å². The molecule has 2 heterocycles. The molecule has 1 aromatic carbocycles. The van der Waals surface area contributed by atoms with Crippen molar-refractivity contribution >= 4 is 17.7 Å². The standard InChI is InChI=1S/C17H23N3O6/c1-19-14-10-12(2-3-15(14)26-11-13(18)16(19)21)24-8-9-25-17(22)20-4-6-23-7-5-20/h2-3,10,13H,4-9,11,18H2,1H3/t13-/m0/s1. The highest BCUT2D eigenvalue weighted by molar-refractivity contribution is 5.98. The third-order valence-corrected chi connectivity index (χ3v) is 4.20. The number of hydrogen-bond acceptors (Lipinski definition) is 7. The number of ether oxygens (including phenoxy) is 4. The van der Waals surface area contributed by atoms with Crippen LogP contribution < -0.4 is 20.1 Å². The van der Waals surface area contributed by atoms with E-state index < -0.39 is 6.04 Å². The van der Waals surface area contributed by atoms with Crippen LogP contribution in [0.2, 0.25) is 0 Å². The number of amides is 2. The number of nitrogens with two attached hydrogens (primary N) is 1. The van der Waals surface area contributed by atoms with Crippen LogP contribution in [0, 0.1) is 0 Å². The minimum absolute atomic E-state index is 0.128. The summed E-state index contributed by atoms with van der Waals surface area (Å²) in [7, 11) is 1.64. The quantitative estimate of drug-likeness (QED) is 0.761. The van der Waals surface area contributed by atoms with Crippen molar-refractivity contribution in [3.05, 3.63) is 18.2 Å². The van der Waals surface area contributed by atoms with Crippen molar-refractivity contribution in [1.29, 1.82) is 0 Å². The van der Waals surface area contributed by atoms with Gasteiger partial charge in [-0.05, 0) is 12.1 Å². The summed E-state index contributed by atoms with van der Waals surface area (Å²) >= 11 is 0. The number of anilines is 1. The van der Waals surface area contributed by atoms with Gasteiger partial charge >= 0.3 is 6.09 Å². The van der Waals surface area contributed by atoms with Gasteiger partial charge in [0.05, 0.1) is 18.9 Å². The molecule has 1 saturated heterocycles. The van der Waals surface area contributed by atoms with E-state index in [1.807, 2.05) is 0 Å². The van der Waals surface area contributed by atoms with E-state index in [2.05, 4.69) is 0 Å². The molecule has 0 radical (unpaired) electrons. The third-order valence-electron chi connectivity index (χ3n) is 4.20. The predicted molar refractivity (Wildman–Crippen MR) is 92.6 cm³/mol. The first-order valence-corrected chi connectivity index (χ1v) is 8.48. The van der Waals surface area contributed by atoms with Gasteiger partial charge in [-0.2, -0.15) is 0 Å². The van der Waals surface area contributed by atoms with E-state index in [4.69, 9.17) is 24.7 Å². The van der Waals surface area contributed by atoms with Gasteiger partial charge in [0.2, 0.25) is 5.91 Å². The first-order chi connectivity index (χ1) is 12.6. The molecule has 1 fully saturated rings. The van der Waals surface area contributed by atoms with Crippen LogP contribution >= 0.6 is 0 Å². The number of rotatable bonds is 4. The Morgan fingerprint density at radius 1 is 1.31 bits per heavy atom. The first-order valence-electron chi connectivity index (χ1n) is 8.48. The zero-order chi connectivity index (χ0) is 18.5. The lowest BCUT2D eigenvalue weighted by Gasteiger charge is -2.25. The van der Waals surface area contributed by atoms with Gasteiger partial charge in [-0.3, -0.25) is 4.79 Å². The second-order valence-corrected chi connectivity index (χ2v) is 6.01. The maximum atomic E-state index is 12.1. The monoisotopic (exact) mass is 365 g/mol. The molecule has 26 heavy (non-hydrogen) atoms. The molecule has 2 amide bonds. The fraction of sp³-hybridized carbons (Fsp3) is 0.529. The summed E-state index contributed by atoms with van der Waals surface area (Å²) in [5.41, 5.74) is 6.36. The summed E-state index contributed by atoms with van der Waals surface area (Å²) in [5.74, 6) is 0.894. The summed E-state index contributed by atoms with van der Waals surface area (Å²) in [6.45, 7) is 2.58. The molecule has 2 N–H and O–H groups in total. The largest absolute Gasteiger partial charge is 0.490 e. The van der Waals surface area contributed by atoms with Crippen LogP contribution in [0.15, 0.2) is 18.2 Å². The summed E-state index contributed by atoms with van der Waals surface area (Å²) in [6.07, 6.45) is -0.369. The Kier molecular flexibility index (Phi) is 5.79. The summed E-state index contributed by atoms with van der Waals surface area (Å²) in [6, 6.07) is 4.47. The Morgan fingerprint density at radius 2 is 2.08 bits per heavy atom. The van der Waals surface area contributed by atoms with Gasteiger partial charge < -0.3 is 34.5 Å². The van der Waals surface area contributed by atoms with Gasteiger partial charge in [0, 0.05) is 26.2 Å². The molecule has 142 valence electrons. The van der Waals surface area contributed by atoms with Gasteiger partial charge in [-0.25, -0.2) is 4.79 Å². The maximum Gasteiger partial charge on any atom is 0.410 e. The Labute approximate surface area is 151 Å². The number of carbonyl (C=O) groups is 2. The van der Waals surface area contributed by atoms with Crippen LogP contribution in [0.1, 0.15) is 0 Å². The maximum absolute atomic E-state index is 12.1. The van der Waals surface area contributed by atoms with Gasteiger partial charge in [0.15, 0.2) is 0 Å². The molecule has 0 aliphatic carbocycles. The fourth-order valence-corrected chi connectivity index (χ4v) is 2.72. The Hall–Kier alpha value is -2.52. The highest BCUT2D eigenvalue weighted by Crippen LogP contribution is 2.33. The van der Waals surface area contributed by atoms with E-state index in [1.165, 1.54) is 4.90 Å². The first kappa shape index (κ1) is 18.3. The Morgan fingerprint density at radius 3 is 2.85 bits per heavy atom. The topological polar surface area (TPSA) is 104 Å². The van der Waals surface area contributed by atoms with Crippen LogP contribution in [0.3, 0.4) is 0 Å². The summed E-state index contributed by atoms with van der Waals surface area (Å²) < 4.78 is 21.5. The number of morpholine rings is 1. The number of likely N-dealkylation sites (N-methyl/N-ethyl adjacent to an activating group) is 1. The third kappa shape index (κ3) is 4.17. The van der Waals surface area contributed by atoms with Crippen molar-refractivity contribution in [2.24, 2.45) is 5.73 Å². The molecule has 2 aliphatic rings. The lowest BCUT2D eigenvalue weighted by molar-refractivity contribution is -0.119. The van der Waals surface area contributed by atoms with Crippen molar-refractivity contribution in [2.45, 2.75) is 6.04 Å². The molecule has 3 rings (SSSR count). The molecule has 2 aliphatic heterocycles. The highest BCUT2D eigenvalue weighted by Gasteiger charge is 2.26. The zero-order valence-corrected chi connectivity index (χ0v) is 14.7. The SMILES string of the molecule is CN1C(=O)[C@@H](N)COc2ccc(OCCOC(=O)N3CCOCC3)cc21. The summed E-state index contributed by atoms with van der Waals surface area (Å²) in [5, 5.41) is 0. The average molecular weight is 365 g/mol. The van der Waals surface area contributed by atoms with Crippen LogP contribution in [-0.4, -0.2) is 76.1 Å². The normalized spacial score (nSPS) is 20.1. The van der Waals surface area contributed by atoms with Crippen molar-refractivity contribution in [2.75, 3.05) is 58.1 Å². The van der Waals surface area contributed by atoms with E-state index in [-0.39, 0.29) is 31.8 Å². The number of benzene rings is 1. The number of fused-ring (bicyclic) bond motifs is 1. The number of nitrogens with zero attached hydrogens (tertiary/aromatic N) is 2. The van der Waals surface area contributed by atoms with E-state index in [1.54, 1.807) is 30.1 Å². The second kappa shape index (κ2) is 8.24. The molecule has 0 unspecified atom stereocenters. The van der Waals surface area contributed by atoms with Crippen LogP contribution in [0.5, 0.6) is 11.5 Å². The molecule has 1 atom stereocenters. The summed E-state index contributed by atoms with van der Waals surface area (Å²) in [4.78, 5) is 27.0. The molecule has 9 nitrogen and oxygen atoms in total. The molecule has 0 saturated carbocycles. The Balaban J connectivity index is 1.51. The molecule has 1 aromatic rings. The van der Waals surface area contributed by atoms with Crippen LogP contribution in [0.25, 0.3) is 0 Å². The van der Waals surface area contributed by atoms with Gasteiger partial charge in [0.25, 0.3) is 0 Å². The van der Waals surface area contributed by atoms with Crippen molar-refractivity contribution in [3.8, 4) is 11.5 Å². The molecule has 0 bridgehead atoms. The van der Waals surface area contributed by atoms with Crippen molar-refractivity contribution in [1.82, 2.24) is 4.90 Å².